The lowest BCUT2D eigenvalue weighted by Crippen LogP contribution is -2.44. The number of benzene rings is 1. The van der Waals surface area contributed by atoms with Crippen LogP contribution < -0.4 is 14.8 Å². The largest absolute Gasteiger partial charge is 0.494 e. The second-order valence-electron chi connectivity index (χ2n) is 10.5. The fraction of sp³-hybridized carbons (Fsp3) is 0.448. The highest BCUT2D eigenvalue weighted by atomic mass is 19.1. The van der Waals surface area contributed by atoms with Crippen LogP contribution >= 0.6 is 0 Å². The van der Waals surface area contributed by atoms with E-state index in [2.05, 4.69) is 16.9 Å². The van der Waals surface area contributed by atoms with E-state index in [0.717, 1.165) is 19.3 Å². The summed E-state index contributed by atoms with van der Waals surface area (Å²) in [6.45, 7) is 4.42. The molecule has 210 valence electrons. The number of aromatic nitrogens is 3. The molecule has 3 aliphatic heterocycles. The van der Waals surface area contributed by atoms with Gasteiger partial charge in [-0.25, -0.2) is 18.7 Å². The van der Waals surface area contributed by atoms with E-state index in [1.807, 2.05) is 0 Å². The number of ether oxygens (including phenoxy) is 4. The van der Waals surface area contributed by atoms with Gasteiger partial charge in [0.25, 0.3) is 0 Å². The Bertz CT molecular complexity index is 1440. The van der Waals surface area contributed by atoms with E-state index in [1.54, 1.807) is 12.3 Å². The number of halogens is 2. The van der Waals surface area contributed by atoms with Crippen molar-refractivity contribution in [3.63, 3.8) is 0 Å². The molecule has 1 aromatic carbocycles. The minimum absolute atomic E-state index is 0.00546. The van der Waals surface area contributed by atoms with Crippen LogP contribution in [-0.4, -0.2) is 66.4 Å². The van der Waals surface area contributed by atoms with Crippen molar-refractivity contribution < 1.29 is 32.5 Å². The number of carbonyl (C=O) groups excluding carboxylic acids is 1. The van der Waals surface area contributed by atoms with Crippen molar-refractivity contribution in [2.24, 2.45) is 5.92 Å². The smallest absolute Gasteiger partial charge is 0.223 e. The quantitative estimate of drug-likeness (QED) is 0.382. The molecule has 4 atom stereocenters. The van der Waals surface area contributed by atoms with Gasteiger partial charge < -0.3 is 24.3 Å². The van der Waals surface area contributed by atoms with Gasteiger partial charge in [0.1, 0.15) is 0 Å². The first-order chi connectivity index (χ1) is 19.4. The molecule has 2 aromatic heterocycles. The predicted molar refractivity (Wildman–Crippen MR) is 143 cm³/mol. The van der Waals surface area contributed by atoms with Gasteiger partial charge >= 0.3 is 0 Å². The fourth-order valence-corrected chi connectivity index (χ4v) is 5.94. The number of fused-ring (bicyclic) bond motifs is 3. The molecule has 1 N–H and O–H groups in total. The third-order valence-corrected chi connectivity index (χ3v) is 8.02. The molecule has 40 heavy (non-hydrogen) atoms. The van der Waals surface area contributed by atoms with Crippen LogP contribution in [0.25, 0.3) is 22.2 Å². The van der Waals surface area contributed by atoms with Gasteiger partial charge in [-0.15, -0.1) is 0 Å². The molecular weight excluding hydrogens is 522 g/mol. The molecule has 11 heteroatoms. The van der Waals surface area contributed by atoms with Crippen LogP contribution in [0.15, 0.2) is 31.0 Å². The SMILES string of the molecule is C=CC(=O)C[C@H]1COC[C@H]1Nc1ncc2cc(-c3c(F)c(OC)cc(OC)c3F)nc(C3CC4CC(C3)O4)c2n1. The first-order valence-electron chi connectivity index (χ1n) is 13.3. The normalized spacial score (nSPS) is 25.4. The van der Waals surface area contributed by atoms with Crippen molar-refractivity contribution in [2.75, 3.05) is 32.8 Å². The summed E-state index contributed by atoms with van der Waals surface area (Å²) in [6, 6.07) is 2.60. The zero-order valence-electron chi connectivity index (χ0n) is 22.3. The van der Waals surface area contributed by atoms with Crippen molar-refractivity contribution in [3.8, 4) is 22.8 Å². The maximum Gasteiger partial charge on any atom is 0.223 e. The molecule has 1 saturated carbocycles. The van der Waals surface area contributed by atoms with Gasteiger partial charge in [0.2, 0.25) is 5.95 Å². The number of nitrogens with zero attached hydrogens (tertiary/aromatic N) is 3. The van der Waals surface area contributed by atoms with E-state index < -0.39 is 11.6 Å². The summed E-state index contributed by atoms with van der Waals surface area (Å²) in [5.74, 6) is -1.76. The number of nitrogens with one attached hydrogen (secondary N) is 1. The van der Waals surface area contributed by atoms with E-state index in [0.29, 0.717) is 42.2 Å². The first-order valence-corrected chi connectivity index (χ1v) is 13.3. The summed E-state index contributed by atoms with van der Waals surface area (Å²) >= 11 is 0. The van der Waals surface area contributed by atoms with Gasteiger partial charge in [-0.1, -0.05) is 6.58 Å². The highest BCUT2D eigenvalue weighted by molar-refractivity contribution is 5.89. The summed E-state index contributed by atoms with van der Waals surface area (Å²) in [7, 11) is 2.62. The third-order valence-electron chi connectivity index (χ3n) is 8.02. The van der Waals surface area contributed by atoms with E-state index >= 15 is 8.78 Å². The summed E-state index contributed by atoms with van der Waals surface area (Å²) in [5.41, 5.74) is 1.00. The van der Waals surface area contributed by atoms with Crippen molar-refractivity contribution in [2.45, 2.75) is 49.9 Å². The number of hydrogen-bond donors (Lipinski definition) is 1. The minimum atomic E-state index is -0.867. The highest BCUT2D eigenvalue weighted by Crippen LogP contribution is 2.45. The number of pyridine rings is 1. The Morgan fingerprint density at radius 1 is 1.10 bits per heavy atom. The molecule has 3 saturated heterocycles. The Hall–Kier alpha value is -3.70. The summed E-state index contributed by atoms with van der Waals surface area (Å²) in [5, 5.41) is 3.91. The predicted octanol–water partition coefficient (Wildman–Crippen LogP) is 4.59. The zero-order chi connectivity index (χ0) is 28.0. The second kappa shape index (κ2) is 10.7. The number of hydrogen-bond acceptors (Lipinski definition) is 9. The minimum Gasteiger partial charge on any atom is -0.494 e. The van der Waals surface area contributed by atoms with Crippen LogP contribution in [0.1, 0.15) is 37.3 Å². The van der Waals surface area contributed by atoms with Crippen LogP contribution in [-0.2, 0) is 14.3 Å². The van der Waals surface area contributed by atoms with Crippen molar-refractivity contribution in [1.29, 1.82) is 0 Å². The topological polar surface area (TPSA) is 105 Å². The van der Waals surface area contributed by atoms with Crippen LogP contribution in [0, 0.1) is 17.6 Å². The Labute approximate surface area is 229 Å². The molecule has 2 unspecified atom stereocenters. The molecule has 9 nitrogen and oxygen atoms in total. The van der Waals surface area contributed by atoms with Gasteiger partial charge in [-0.05, 0) is 31.4 Å². The molecule has 1 aliphatic carbocycles. The maximum absolute atomic E-state index is 15.5. The molecule has 5 heterocycles. The van der Waals surface area contributed by atoms with Crippen molar-refractivity contribution in [3.05, 3.63) is 48.3 Å². The van der Waals surface area contributed by atoms with E-state index in [-0.39, 0.29) is 58.6 Å². The Balaban J connectivity index is 1.43. The average molecular weight is 553 g/mol. The lowest BCUT2D eigenvalue weighted by Gasteiger charge is -2.45. The van der Waals surface area contributed by atoms with Crippen LogP contribution in [0.2, 0.25) is 0 Å². The molecule has 4 fully saturated rings. The standard InChI is InChI=1S/C29H30F2N4O5/c1-4-17(36)5-16-12-39-13-21(16)34-29-32-11-15-8-20(24-25(30)22(37-2)10-23(38-3)26(24)31)33-27(28(15)35-29)14-6-18-9-19(7-14)40-18/h4,8,10-11,14,16,18-19,21H,1,5-7,9,12-13H2,2-3H3,(H,32,34,35)/t14?,16-,18?,19?,21+/m0/s1. The summed E-state index contributed by atoms with van der Waals surface area (Å²) in [4.78, 5) is 26.1. The molecule has 3 aromatic rings. The van der Waals surface area contributed by atoms with Crippen molar-refractivity contribution >= 4 is 22.6 Å². The van der Waals surface area contributed by atoms with Crippen LogP contribution in [0.3, 0.4) is 0 Å². The number of ketones is 1. The summed E-state index contributed by atoms with van der Waals surface area (Å²) < 4.78 is 52.7. The van der Waals surface area contributed by atoms with Gasteiger partial charge in [0.15, 0.2) is 28.9 Å². The maximum atomic E-state index is 15.5. The number of rotatable bonds is 9. The highest BCUT2D eigenvalue weighted by Gasteiger charge is 2.41. The average Bonchev–Trinajstić information content (AvgIpc) is 3.38. The fourth-order valence-electron chi connectivity index (χ4n) is 5.94. The van der Waals surface area contributed by atoms with E-state index in [4.69, 9.17) is 28.9 Å². The van der Waals surface area contributed by atoms with Crippen LogP contribution in [0.5, 0.6) is 11.5 Å². The first kappa shape index (κ1) is 26.5. The van der Waals surface area contributed by atoms with E-state index in [9.17, 15) is 4.79 Å². The van der Waals surface area contributed by atoms with Crippen LogP contribution in [0.4, 0.5) is 14.7 Å². The molecule has 0 spiro atoms. The molecule has 4 aliphatic rings. The number of methoxy groups -OCH3 is 2. The molecule has 2 bridgehead atoms. The molecule has 7 rings (SSSR count). The van der Waals surface area contributed by atoms with Gasteiger partial charge in [0.05, 0.1) is 68.2 Å². The number of carbonyl (C=O) groups is 1. The lowest BCUT2D eigenvalue weighted by atomic mass is 9.78. The second-order valence-corrected chi connectivity index (χ2v) is 10.5. The van der Waals surface area contributed by atoms with Gasteiger partial charge in [-0.3, -0.25) is 9.78 Å². The zero-order valence-corrected chi connectivity index (χ0v) is 22.3. The Morgan fingerprint density at radius 3 is 2.45 bits per heavy atom. The Kier molecular flexibility index (Phi) is 7.09. The van der Waals surface area contributed by atoms with Gasteiger partial charge in [-0.2, -0.15) is 0 Å². The Morgan fingerprint density at radius 2 is 1.80 bits per heavy atom. The number of anilines is 1. The van der Waals surface area contributed by atoms with Gasteiger partial charge in [0, 0.05) is 35.9 Å². The monoisotopic (exact) mass is 552 g/mol. The molecular formula is C29H30F2N4O5. The molecule has 0 amide bonds. The number of allylic oxidation sites excluding steroid dienone is 1. The van der Waals surface area contributed by atoms with Crippen molar-refractivity contribution in [1.82, 2.24) is 15.0 Å². The third kappa shape index (κ3) is 4.77. The lowest BCUT2D eigenvalue weighted by molar-refractivity contribution is -0.162. The summed E-state index contributed by atoms with van der Waals surface area (Å²) in [6.07, 6.45) is 5.99. The van der Waals surface area contributed by atoms with E-state index in [1.165, 1.54) is 26.4 Å². The molecule has 0 radical (unpaired) electrons.